The van der Waals surface area contributed by atoms with Gasteiger partial charge in [-0.3, -0.25) is 9.59 Å². The van der Waals surface area contributed by atoms with Gasteiger partial charge in [0.2, 0.25) is 0 Å². The van der Waals surface area contributed by atoms with Crippen molar-refractivity contribution in [1.82, 2.24) is 4.57 Å². The Kier molecular flexibility index (Phi) is 2.52. The summed E-state index contributed by atoms with van der Waals surface area (Å²) in [4.78, 5) is 24.4. The Morgan fingerprint density at radius 3 is 2.68 bits per heavy atom. The second kappa shape index (κ2) is 4.09. The van der Waals surface area contributed by atoms with Gasteiger partial charge < -0.3 is 8.98 Å². The van der Waals surface area contributed by atoms with Crippen LogP contribution in [0.1, 0.15) is 12.7 Å². The van der Waals surface area contributed by atoms with E-state index in [-0.39, 0.29) is 16.4 Å². The molecule has 0 atom stereocenters. The summed E-state index contributed by atoms with van der Waals surface area (Å²) in [5, 5.41) is 0.908. The van der Waals surface area contributed by atoms with Gasteiger partial charge in [0.05, 0.1) is 5.52 Å². The molecule has 0 radical (unpaired) electrons. The summed E-state index contributed by atoms with van der Waals surface area (Å²) in [6, 6.07) is 8.83. The highest BCUT2D eigenvalue weighted by Crippen LogP contribution is 2.21. The number of para-hydroxylation sites is 1. The van der Waals surface area contributed by atoms with Crippen LogP contribution in [-0.4, -0.2) is 4.57 Å². The lowest BCUT2D eigenvalue weighted by atomic mass is 10.1. The molecule has 3 aromatic rings. The lowest BCUT2D eigenvalue weighted by Gasteiger charge is -2.08. The Balaban J connectivity index is 2.71. The topological polar surface area (TPSA) is 52.2 Å². The van der Waals surface area contributed by atoms with Crippen molar-refractivity contribution in [3.05, 3.63) is 56.7 Å². The Hall–Kier alpha value is -2.36. The molecule has 0 aliphatic rings. The molecular weight excluding hydrogens is 242 g/mol. The zero-order valence-corrected chi connectivity index (χ0v) is 10.8. The van der Waals surface area contributed by atoms with Crippen molar-refractivity contribution >= 4 is 21.9 Å². The van der Waals surface area contributed by atoms with Gasteiger partial charge in [-0.15, -0.1) is 0 Å². The van der Waals surface area contributed by atoms with E-state index in [0.717, 1.165) is 10.9 Å². The average Bonchev–Trinajstić information content (AvgIpc) is 2.44. The van der Waals surface area contributed by atoms with Crippen molar-refractivity contribution in [3.8, 4) is 0 Å². The quantitative estimate of drug-likeness (QED) is 0.626. The van der Waals surface area contributed by atoms with E-state index in [1.54, 1.807) is 7.05 Å². The Labute approximate surface area is 108 Å². The van der Waals surface area contributed by atoms with E-state index in [1.807, 2.05) is 31.2 Å². The van der Waals surface area contributed by atoms with Gasteiger partial charge in [0.1, 0.15) is 11.1 Å². The minimum absolute atomic E-state index is 0.124. The first-order chi connectivity index (χ1) is 9.13. The van der Waals surface area contributed by atoms with Crippen LogP contribution in [0.2, 0.25) is 0 Å². The molecule has 0 amide bonds. The lowest BCUT2D eigenvalue weighted by molar-refractivity contribution is 0.545. The summed E-state index contributed by atoms with van der Waals surface area (Å²) in [6.45, 7) is 1.91. The van der Waals surface area contributed by atoms with Crippen molar-refractivity contribution in [1.29, 1.82) is 0 Å². The molecule has 0 saturated carbocycles. The van der Waals surface area contributed by atoms with Gasteiger partial charge >= 0.3 is 0 Å². The first-order valence-electron chi connectivity index (χ1n) is 6.18. The van der Waals surface area contributed by atoms with Gasteiger partial charge in [-0.05, 0) is 12.1 Å². The molecular formula is C15H13NO3. The zero-order valence-electron chi connectivity index (χ0n) is 10.8. The number of fused-ring (bicyclic) bond motifs is 3. The smallest absolute Gasteiger partial charge is 0.265 e. The van der Waals surface area contributed by atoms with Gasteiger partial charge in [-0.2, -0.15) is 0 Å². The minimum Gasteiger partial charge on any atom is -0.460 e. The normalized spacial score (nSPS) is 11.3. The summed E-state index contributed by atoms with van der Waals surface area (Å²) >= 11 is 0. The van der Waals surface area contributed by atoms with Crippen LogP contribution in [0.25, 0.3) is 21.9 Å². The van der Waals surface area contributed by atoms with Crippen LogP contribution in [0.3, 0.4) is 0 Å². The van der Waals surface area contributed by atoms with Crippen LogP contribution in [0.4, 0.5) is 0 Å². The van der Waals surface area contributed by atoms with E-state index in [2.05, 4.69) is 0 Å². The number of hydrogen-bond donors (Lipinski definition) is 0. The zero-order chi connectivity index (χ0) is 13.6. The van der Waals surface area contributed by atoms with E-state index < -0.39 is 0 Å². The molecule has 0 bridgehead atoms. The number of aryl methyl sites for hydroxylation is 2. The van der Waals surface area contributed by atoms with Gasteiger partial charge in [0, 0.05) is 24.9 Å². The maximum atomic E-state index is 12.3. The standard InChI is InChI=1S/C15H13NO3/c1-3-9-8-12(17)13-14(19-9)10-6-4-5-7-11(10)16(2)15(13)18/h4-8H,3H2,1-2H3. The average molecular weight is 255 g/mol. The third-order valence-corrected chi connectivity index (χ3v) is 3.38. The molecule has 0 unspecified atom stereocenters. The van der Waals surface area contributed by atoms with E-state index in [9.17, 15) is 9.59 Å². The van der Waals surface area contributed by atoms with Crippen LogP contribution in [0, 0.1) is 0 Å². The Morgan fingerprint density at radius 2 is 1.95 bits per heavy atom. The second-order valence-electron chi connectivity index (χ2n) is 4.52. The van der Waals surface area contributed by atoms with E-state index in [0.29, 0.717) is 17.8 Å². The third-order valence-electron chi connectivity index (χ3n) is 3.38. The first-order valence-corrected chi connectivity index (χ1v) is 6.18. The predicted octanol–water partition coefficient (Wildman–Crippen LogP) is 2.21. The molecule has 0 spiro atoms. The van der Waals surface area contributed by atoms with E-state index >= 15 is 0 Å². The minimum atomic E-state index is -0.315. The highest BCUT2D eigenvalue weighted by atomic mass is 16.3. The van der Waals surface area contributed by atoms with Crippen molar-refractivity contribution < 1.29 is 4.42 Å². The van der Waals surface area contributed by atoms with Crippen molar-refractivity contribution in [2.24, 2.45) is 7.05 Å². The van der Waals surface area contributed by atoms with Gasteiger partial charge in [-0.1, -0.05) is 19.1 Å². The maximum absolute atomic E-state index is 12.3. The molecule has 0 aliphatic heterocycles. The predicted molar refractivity (Wildman–Crippen MR) is 74.6 cm³/mol. The van der Waals surface area contributed by atoms with Gasteiger partial charge in [0.25, 0.3) is 5.56 Å². The molecule has 0 fully saturated rings. The van der Waals surface area contributed by atoms with E-state index in [1.165, 1.54) is 10.6 Å². The molecule has 19 heavy (non-hydrogen) atoms. The van der Waals surface area contributed by atoms with E-state index in [4.69, 9.17) is 4.42 Å². The molecule has 0 aliphatic carbocycles. The number of rotatable bonds is 1. The molecule has 3 rings (SSSR count). The highest BCUT2D eigenvalue weighted by Gasteiger charge is 2.14. The first kappa shape index (κ1) is 11.7. The molecule has 1 aromatic carbocycles. The lowest BCUT2D eigenvalue weighted by Crippen LogP contribution is -2.23. The molecule has 0 N–H and O–H groups in total. The fraction of sp³-hybridized carbons (Fsp3) is 0.200. The second-order valence-corrected chi connectivity index (χ2v) is 4.52. The number of nitrogens with zero attached hydrogens (tertiary/aromatic N) is 1. The highest BCUT2D eigenvalue weighted by molar-refractivity contribution is 6.01. The van der Waals surface area contributed by atoms with Crippen molar-refractivity contribution in [3.63, 3.8) is 0 Å². The number of aromatic nitrogens is 1. The number of benzene rings is 1. The third kappa shape index (κ3) is 1.60. The molecule has 2 aromatic heterocycles. The van der Waals surface area contributed by atoms with Crippen LogP contribution < -0.4 is 11.0 Å². The van der Waals surface area contributed by atoms with Crippen LogP contribution in [-0.2, 0) is 13.5 Å². The van der Waals surface area contributed by atoms with Gasteiger partial charge in [-0.25, -0.2) is 0 Å². The van der Waals surface area contributed by atoms with Crippen molar-refractivity contribution in [2.75, 3.05) is 0 Å². The van der Waals surface area contributed by atoms with Crippen molar-refractivity contribution in [2.45, 2.75) is 13.3 Å². The largest absolute Gasteiger partial charge is 0.460 e. The summed E-state index contributed by atoms with van der Waals surface area (Å²) < 4.78 is 7.21. The summed E-state index contributed by atoms with van der Waals surface area (Å²) in [7, 11) is 1.66. The van der Waals surface area contributed by atoms with Gasteiger partial charge in [0.15, 0.2) is 11.0 Å². The number of pyridine rings is 1. The summed E-state index contributed by atoms with van der Waals surface area (Å²) in [6.07, 6.45) is 0.620. The molecule has 4 nitrogen and oxygen atoms in total. The summed E-state index contributed by atoms with van der Waals surface area (Å²) in [5.41, 5.74) is 0.564. The fourth-order valence-corrected chi connectivity index (χ4v) is 2.34. The number of hydrogen-bond acceptors (Lipinski definition) is 3. The van der Waals surface area contributed by atoms with Crippen LogP contribution in [0.5, 0.6) is 0 Å². The molecule has 4 heteroatoms. The molecule has 96 valence electrons. The molecule has 0 saturated heterocycles. The van der Waals surface area contributed by atoms with Crippen LogP contribution >= 0.6 is 0 Å². The summed E-state index contributed by atoms with van der Waals surface area (Å²) in [5.74, 6) is 0.593. The Bertz CT molecular complexity index is 903. The SMILES string of the molecule is CCc1cc(=O)c2c(=O)n(C)c3ccccc3c2o1. The monoisotopic (exact) mass is 255 g/mol. The molecule has 2 heterocycles. The Morgan fingerprint density at radius 1 is 1.21 bits per heavy atom. The van der Waals surface area contributed by atoms with Crippen LogP contribution in [0.15, 0.2) is 44.3 Å². The fourth-order valence-electron chi connectivity index (χ4n) is 2.34. The maximum Gasteiger partial charge on any atom is 0.265 e.